The van der Waals surface area contributed by atoms with Crippen molar-refractivity contribution in [3.8, 4) is 0 Å². The molecule has 0 saturated carbocycles. The van der Waals surface area contributed by atoms with Crippen molar-refractivity contribution in [2.24, 2.45) is 5.92 Å². The fourth-order valence-corrected chi connectivity index (χ4v) is 4.60. The van der Waals surface area contributed by atoms with Gasteiger partial charge >= 0.3 is 0 Å². The predicted molar refractivity (Wildman–Crippen MR) is 79.0 cm³/mol. The molecule has 1 aromatic rings. The van der Waals surface area contributed by atoms with E-state index >= 15 is 0 Å². The average molecular weight is 297 g/mol. The normalized spacial score (nSPS) is 20.5. The first kappa shape index (κ1) is 15.5. The van der Waals surface area contributed by atoms with Gasteiger partial charge in [0.05, 0.1) is 11.5 Å². The molecule has 1 unspecified atom stereocenters. The third-order valence-electron chi connectivity index (χ3n) is 4.25. The smallest absolute Gasteiger partial charge is 0.243 e. The third-order valence-corrected chi connectivity index (χ3v) is 6.25. The first-order valence-corrected chi connectivity index (χ1v) is 8.55. The van der Waals surface area contributed by atoms with E-state index in [-0.39, 0.29) is 6.61 Å². The number of benzene rings is 1. The SMILES string of the molecule is CCC1CCN(S(=O)(=O)c2cc(CO)c(C)cc2C)C1. The summed E-state index contributed by atoms with van der Waals surface area (Å²) in [7, 11) is -3.44. The van der Waals surface area contributed by atoms with Gasteiger partial charge in [0.25, 0.3) is 0 Å². The summed E-state index contributed by atoms with van der Waals surface area (Å²) in [5.74, 6) is 0.466. The molecule has 1 aliphatic rings. The highest BCUT2D eigenvalue weighted by atomic mass is 32.2. The van der Waals surface area contributed by atoms with Crippen LogP contribution in [-0.4, -0.2) is 30.9 Å². The summed E-state index contributed by atoms with van der Waals surface area (Å²) in [4.78, 5) is 0.337. The first-order chi connectivity index (χ1) is 9.40. The number of hydrogen-bond donors (Lipinski definition) is 1. The van der Waals surface area contributed by atoms with Gasteiger partial charge < -0.3 is 5.11 Å². The van der Waals surface area contributed by atoms with Crippen molar-refractivity contribution >= 4 is 10.0 Å². The molecule has 0 radical (unpaired) electrons. The Bertz CT molecular complexity index is 595. The van der Waals surface area contributed by atoms with E-state index in [1.807, 2.05) is 19.9 Å². The van der Waals surface area contributed by atoms with Crippen LogP contribution in [0.15, 0.2) is 17.0 Å². The van der Waals surface area contributed by atoms with Crippen LogP contribution in [0, 0.1) is 19.8 Å². The number of aliphatic hydroxyl groups is 1. The molecular weight excluding hydrogens is 274 g/mol. The lowest BCUT2D eigenvalue weighted by Gasteiger charge is -2.19. The van der Waals surface area contributed by atoms with Gasteiger partial charge in [0, 0.05) is 13.1 Å². The molecule has 0 spiro atoms. The van der Waals surface area contributed by atoms with E-state index in [1.165, 1.54) is 0 Å². The Morgan fingerprint density at radius 1 is 1.30 bits per heavy atom. The van der Waals surface area contributed by atoms with Gasteiger partial charge in [-0.25, -0.2) is 8.42 Å². The molecule has 4 nitrogen and oxygen atoms in total. The van der Waals surface area contributed by atoms with Crippen molar-refractivity contribution in [3.63, 3.8) is 0 Å². The van der Waals surface area contributed by atoms with E-state index in [0.717, 1.165) is 24.0 Å². The lowest BCUT2D eigenvalue weighted by molar-refractivity contribution is 0.280. The molecule has 5 heteroatoms. The van der Waals surface area contributed by atoms with E-state index in [1.54, 1.807) is 10.4 Å². The lowest BCUT2D eigenvalue weighted by atomic mass is 10.1. The molecule has 1 aromatic carbocycles. The van der Waals surface area contributed by atoms with Crippen molar-refractivity contribution in [1.29, 1.82) is 0 Å². The number of rotatable bonds is 4. The Hall–Kier alpha value is -0.910. The van der Waals surface area contributed by atoms with E-state index in [2.05, 4.69) is 6.92 Å². The highest BCUT2D eigenvalue weighted by molar-refractivity contribution is 7.89. The monoisotopic (exact) mass is 297 g/mol. The Labute approximate surface area is 121 Å². The van der Waals surface area contributed by atoms with Gasteiger partial charge in [-0.2, -0.15) is 4.31 Å². The van der Waals surface area contributed by atoms with Crippen LogP contribution in [0.1, 0.15) is 36.5 Å². The standard InChI is InChI=1S/C15H23NO3S/c1-4-13-5-6-16(9-13)20(18,19)15-8-14(10-17)11(2)7-12(15)3/h7-8,13,17H,4-6,9-10H2,1-3H3. The van der Waals surface area contributed by atoms with Crippen molar-refractivity contribution in [3.05, 3.63) is 28.8 Å². The molecule has 1 heterocycles. The number of aliphatic hydroxyl groups excluding tert-OH is 1. The van der Waals surface area contributed by atoms with Gasteiger partial charge in [0.1, 0.15) is 0 Å². The highest BCUT2D eigenvalue weighted by Gasteiger charge is 2.32. The van der Waals surface area contributed by atoms with Crippen molar-refractivity contribution in [2.75, 3.05) is 13.1 Å². The van der Waals surface area contributed by atoms with Gasteiger partial charge in [-0.1, -0.05) is 19.4 Å². The number of sulfonamides is 1. The fraction of sp³-hybridized carbons (Fsp3) is 0.600. The Kier molecular flexibility index (Phi) is 4.52. The second kappa shape index (κ2) is 5.84. The number of nitrogens with zero attached hydrogens (tertiary/aromatic N) is 1. The maximum absolute atomic E-state index is 12.7. The van der Waals surface area contributed by atoms with Gasteiger partial charge in [0.2, 0.25) is 10.0 Å². The van der Waals surface area contributed by atoms with E-state index in [0.29, 0.717) is 29.5 Å². The minimum absolute atomic E-state index is 0.133. The van der Waals surface area contributed by atoms with Crippen LogP contribution in [0.4, 0.5) is 0 Å². The number of aryl methyl sites for hydroxylation is 2. The summed E-state index contributed by atoms with van der Waals surface area (Å²) in [5.41, 5.74) is 2.36. The average Bonchev–Trinajstić information content (AvgIpc) is 2.88. The van der Waals surface area contributed by atoms with E-state index < -0.39 is 10.0 Å². The van der Waals surface area contributed by atoms with Gasteiger partial charge in [0.15, 0.2) is 0 Å². The summed E-state index contributed by atoms with van der Waals surface area (Å²) < 4.78 is 27.1. The molecular formula is C15H23NO3S. The predicted octanol–water partition coefficient (Wildman–Crippen LogP) is 2.22. The largest absolute Gasteiger partial charge is 0.392 e. The van der Waals surface area contributed by atoms with Crippen LogP contribution >= 0.6 is 0 Å². The van der Waals surface area contributed by atoms with Crippen molar-refractivity contribution in [1.82, 2.24) is 4.31 Å². The van der Waals surface area contributed by atoms with Crippen LogP contribution in [0.25, 0.3) is 0 Å². The molecule has 0 aliphatic carbocycles. The first-order valence-electron chi connectivity index (χ1n) is 7.11. The molecule has 2 rings (SSSR count). The van der Waals surface area contributed by atoms with Crippen LogP contribution in [0.2, 0.25) is 0 Å². The zero-order valence-corrected chi connectivity index (χ0v) is 13.2. The van der Waals surface area contributed by atoms with Gasteiger partial charge in [-0.3, -0.25) is 0 Å². The Balaban J connectivity index is 2.40. The number of hydrogen-bond acceptors (Lipinski definition) is 3. The van der Waals surface area contributed by atoms with Crippen LogP contribution < -0.4 is 0 Å². The quantitative estimate of drug-likeness (QED) is 0.927. The summed E-state index contributed by atoms with van der Waals surface area (Å²) in [6.45, 7) is 6.88. The molecule has 1 atom stereocenters. The molecule has 112 valence electrons. The molecule has 1 saturated heterocycles. The second-order valence-corrected chi connectivity index (χ2v) is 7.53. The maximum Gasteiger partial charge on any atom is 0.243 e. The van der Waals surface area contributed by atoms with Crippen LogP contribution in [-0.2, 0) is 16.6 Å². The zero-order chi connectivity index (χ0) is 14.9. The summed E-state index contributed by atoms with van der Waals surface area (Å²) in [6.07, 6.45) is 1.95. The minimum atomic E-state index is -3.44. The highest BCUT2D eigenvalue weighted by Crippen LogP contribution is 2.29. The molecule has 0 amide bonds. The van der Waals surface area contributed by atoms with Crippen molar-refractivity contribution < 1.29 is 13.5 Å². The molecule has 1 fully saturated rings. The van der Waals surface area contributed by atoms with Crippen LogP contribution in [0.3, 0.4) is 0 Å². The summed E-state index contributed by atoms with van der Waals surface area (Å²) in [6, 6.07) is 3.46. The molecule has 1 aliphatic heterocycles. The molecule has 20 heavy (non-hydrogen) atoms. The van der Waals surface area contributed by atoms with E-state index in [4.69, 9.17) is 0 Å². The molecule has 0 bridgehead atoms. The third kappa shape index (κ3) is 2.75. The topological polar surface area (TPSA) is 57.6 Å². The lowest BCUT2D eigenvalue weighted by Crippen LogP contribution is -2.29. The van der Waals surface area contributed by atoms with E-state index in [9.17, 15) is 13.5 Å². The molecule has 0 aromatic heterocycles. The Morgan fingerprint density at radius 3 is 2.55 bits per heavy atom. The summed E-state index contributed by atoms with van der Waals surface area (Å²) >= 11 is 0. The molecule has 1 N–H and O–H groups in total. The minimum Gasteiger partial charge on any atom is -0.392 e. The second-order valence-electron chi connectivity index (χ2n) is 5.63. The van der Waals surface area contributed by atoms with Crippen molar-refractivity contribution in [2.45, 2.75) is 45.1 Å². The van der Waals surface area contributed by atoms with Gasteiger partial charge in [-0.15, -0.1) is 0 Å². The maximum atomic E-state index is 12.7. The van der Waals surface area contributed by atoms with Crippen LogP contribution in [0.5, 0.6) is 0 Å². The summed E-state index contributed by atoms with van der Waals surface area (Å²) in [5, 5.41) is 9.34. The zero-order valence-electron chi connectivity index (χ0n) is 12.4. The fourth-order valence-electron chi connectivity index (χ4n) is 2.81. The Morgan fingerprint density at radius 2 is 2.00 bits per heavy atom. The van der Waals surface area contributed by atoms with Gasteiger partial charge in [-0.05, 0) is 48.9 Å².